The molecule has 3 amide bonds. The Morgan fingerprint density at radius 3 is 2.26 bits per heavy atom. The van der Waals surface area contributed by atoms with Crippen LogP contribution in [-0.4, -0.2) is 127 Å². The minimum atomic E-state index is -2.88. The molecule has 1 aromatic rings. The van der Waals surface area contributed by atoms with E-state index >= 15 is 0 Å². The second kappa shape index (κ2) is 17.1. The van der Waals surface area contributed by atoms with Gasteiger partial charge in [0.2, 0.25) is 18.6 Å². The number of primary amides is 1. The number of rotatable bonds is 15. The molecule has 6 atom stereocenters. The number of phenolic OH excluding ortho intramolecular Hbond substituents is 1. The zero-order chi connectivity index (χ0) is 40.2. The molecule has 2 saturated carbocycles. The molecular weight excluding hydrogens is 706 g/mol. The number of unbranched alkanes of at least 4 members (excludes halogenated alkanes) is 3. The van der Waals surface area contributed by atoms with Crippen LogP contribution in [0.3, 0.4) is 0 Å². The number of amides is 3. The number of anilines is 2. The first kappa shape index (κ1) is 41.9. The van der Waals surface area contributed by atoms with Crippen molar-refractivity contribution in [3.63, 3.8) is 0 Å². The standard InChI is InChI=1S/C37H51N5O12/c1-7-9-10-11-12-25(44)53-18-54-36(51)42(13-8-2)17-24(43)39-22-16-23(40(3)4)20-14-19-15-21-29(41(5)6)32(47)28(35(38)50)34(49)37(21,52)33(48)26(19)31(46)27(20)30(22)45/h16,19,21,26,28-29,45,52H,7-15,17-18H2,1-6H3,(H2,38,50)(H,39,43)/t19-,21-,26?,28?,29-,37-/m0/s1. The average Bonchev–Trinajstić information content (AvgIpc) is 3.08. The molecule has 54 heavy (non-hydrogen) atoms. The molecule has 17 heteroatoms. The Hall–Kier alpha value is -4.90. The number of benzene rings is 1. The maximum atomic E-state index is 14.3. The number of nitrogens with zero attached hydrogens (tertiary/aromatic N) is 3. The summed E-state index contributed by atoms with van der Waals surface area (Å²) in [5, 5.41) is 25.9. The van der Waals surface area contributed by atoms with Gasteiger partial charge in [-0.25, -0.2) is 4.79 Å². The largest absolute Gasteiger partial charge is 0.505 e. The number of carbonyl (C=O) groups is 8. The fraction of sp³-hybridized carbons (Fsp3) is 0.622. The van der Waals surface area contributed by atoms with Crippen molar-refractivity contribution in [2.45, 2.75) is 76.9 Å². The lowest BCUT2D eigenvalue weighted by molar-refractivity contribution is -0.181. The number of esters is 1. The first-order chi connectivity index (χ1) is 25.4. The molecule has 1 aromatic carbocycles. The SMILES string of the molecule is CCCCCCC(=O)OCOC(=O)N(CCC)CC(=O)Nc1cc(N(C)C)c2c(c1O)C(=O)C1C(=O)[C@]3(O)C(=O)C(C(N)=O)C(=O)[C@@H](N(C)C)[C@@H]3C[C@@H]1C2. The molecule has 2 unspecified atom stereocenters. The van der Waals surface area contributed by atoms with Gasteiger partial charge in [0.05, 0.1) is 23.2 Å². The van der Waals surface area contributed by atoms with Crippen LogP contribution in [0.25, 0.3) is 0 Å². The summed E-state index contributed by atoms with van der Waals surface area (Å²) >= 11 is 0. The van der Waals surface area contributed by atoms with E-state index in [1.165, 1.54) is 25.1 Å². The van der Waals surface area contributed by atoms with Crippen molar-refractivity contribution in [1.82, 2.24) is 9.80 Å². The van der Waals surface area contributed by atoms with Crippen LogP contribution in [0.5, 0.6) is 5.75 Å². The van der Waals surface area contributed by atoms with Crippen LogP contribution >= 0.6 is 0 Å². The van der Waals surface area contributed by atoms with Crippen molar-refractivity contribution in [2.24, 2.45) is 29.4 Å². The van der Waals surface area contributed by atoms with E-state index in [9.17, 15) is 48.6 Å². The number of hydrogen-bond acceptors (Lipinski definition) is 14. The maximum absolute atomic E-state index is 14.3. The molecular formula is C37H51N5O12. The van der Waals surface area contributed by atoms with E-state index in [1.807, 2.05) is 6.92 Å². The third-order valence-electron chi connectivity index (χ3n) is 10.5. The van der Waals surface area contributed by atoms with Gasteiger partial charge in [-0.2, -0.15) is 0 Å². The molecule has 3 aliphatic carbocycles. The smallest absolute Gasteiger partial charge is 0.413 e. The Balaban J connectivity index is 1.59. The Kier molecular flexibility index (Phi) is 13.2. The number of fused-ring (bicyclic) bond motifs is 3. The van der Waals surface area contributed by atoms with Gasteiger partial charge in [-0.3, -0.25) is 43.4 Å². The molecule has 0 aromatic heterocycles. The normalized spacial score (nSPS) is 24.6. The van der Waals surface area contributed by atoms with Gasteiger partial charge in [-0.1, -0.05) is 33.1 Å². The highest BCUT2D eigenvalue weighted by atomic mass is 16.7. The summed E-state index contributed by atoms with van der Waals surface area (Å²) < 4.78 is 10.1. The monoisotopic (exact) mass is 757 g/mol. The van der Waals surface area contributed by atoms with Gasteiger partial charge in [0.15, 0.2) is 34.7 Å². The fourth-order valence-corrected chi connectivity index (χ4v) is 8.02. The van der Waals surface area contributed by atoms with E-state index in [0.29, 0.717) is 24.1 Å². The number of ketones is 4. The molecule has 0 heterocycles. The Bertz CT molecular complexity index is 1710. The lowest BCUT2D eigenvalue weighted by atomic mass is 9.52. The van der Waals surface area contributed by atoms with E-state index in [0.717, 1.165) is 24.2 Å². The van der Waals surface area contributed by atoms with E-state index < -0.39 is 101 Å². The molecule has 0 bridgehead atoms. The first-order valence-corrected chi connectivity index (χ1v) is 18.2. The molecule has 4 rings (SSSR count). The second-order valence-electron chi connectivity index (χ2n) is 14.7. The number of aliphatic hydroxyl groups is 1. The highest BCUT2D eigenvalue weighted by Crippen LogP contribution is 2.52. The number of ether oxygens (including phenoxy) is 2. The fourth-order valence-electron chi connectivity index (χ4n) is 8.02. The third kappa shape index (κ3) is 7.97. The molecule has 0 aliphatic heterocycles. The highest BCUT2D eigenvalue weighted by molar-refractivity contribution is 6.32. The zero-order valence-electron chi connectivity index (χ0n) is 31.6. The minimum absolute atomic E-state index is 0.0283. The van der Waals surface area contributed by atoms with Crippen LogP contribution in [-0.2, 0) is 44.7 Å². The summed E-state index contributed by atoms with van der Waals surface area (Å²) in [5.74, 6) is -13.4. The van der Waals surface area contributed by atoms with Crippen molar-refractivity contribution in [3.8, 4) is 5.75 Å². The number of likely N-dealkylation sites (N-methyl/N-ethyl adjacent to an activating group) is 1. The number of nitrogens with two attached hydrogens (primary N) is 1. The van der Waals surface area contributed by atoms with Gasteiger partial charge >= 0.3 is 12.1 Å². The van der Waals surface area contributed by atoms with Gasteiger partial charge in [-0.05, 0) is 57.3 Å². The number of carbonyl (C=O) groups excluding carboxylic acids is 8. The van der Waals surface area contributed by atoms with Gasteiger partial charge in [0.1, 0.15) is 12.3 Å². The van der Waals surface area contributed by atoms with Crippen LogP contribution in [0.15, 0.2) is 6.07 Å². The van der Waals surface area contributed by atoms with Crippen molar-refractivity contribution in [3.05, 3.63) is 17.2 Å². The van der Waals surface area contributed by atoms with Gasteiger partial charge < -0.3 is 35.6 Å². The first-order valence-electron chi connectivity index (χ1n) is 18.2. The Morgan fingerprint density at radius 1 is 0.981 bits per heavy atom. The zero-order valence-corrected chi connectivity index (χ0v) is 31.6. The van der Waals surface area contributed by atoms with E-state index in [4.69, 9.17) is 15.2 Å². The van der Waals surface area contributed by atoms with Crippen LogP contribution in [0.2, 0.25) is 0 Å². The lowest BCUT2D eigenvalue weighted by Gasteiger charge is -2.52. The number of hydrogen-bond donors (Lipinski definition) is 4. The van der Waals surface area contributed by atoms with Crippen LogP contribution in [0.1, 0.15) is 74.7 Å². The van der Waals surface area contributed by atoms with E-state index in [2.05, 4.69) is 5.32 Å². The summed E-state index contributed by atoms with van der Waals surface area (Å²) in [6.45, 7) is 2.74. The summed E-state index contributed by atoms with van der Waals surface area (Å²) in [4.78, 5) is 110. The molecule has 3 aliphatic rings. The van der Waals surface area contributed by atoms with Crippen LogP contribution in [0, 0.1) is 23.7 Å². The van der Waals surface area contributed by atoms with Gasteiger partial charge in [0, 0.05) is 38.7 Å². The van der Waals surface area contributed by atoms with Crippen LogP contribution in [0.4, 0.5) is 16.2 Å². The van der Waals surface area contributed by atoms with E-state index in [1.54, 1.807) is 25.9 Å². The van der Waals surface area contributed by atoms with Crippen LogP contribution < -0.4 is 16.0 Å². The summed E-state index contributed by atoms with van der Waals surface area (Å²) in [5.41, 5.74) is 2.75. The van der Waals surface area contributed by atoms with Crippen molar-refractivity contribution in [2.75, 3.05) is 58.3 Å². The number of nitrogens with one attached hydrogen (secondary N) is 1. The molecule has 296 valence electrons. The maximum Gasteiger partial charge on any atom is 0.413 e. The number of aromatic hydroxyl groups is 1. The quantitative estimate of drug-likeness (QED) is 0.0646. The molecule has 5 N–H and O–H groups in total. The number of phenols is 1. The summed E-state index contributed by atoms with van der Waals surface area (Å²) in [7, 11) is 6.35. The predicted molar refractivity (Wildman–Crippen MR) is 192 cm³/mol. The summed E-state index contributed by atoms with van der Waals surface area (Å²) in [6, 6.07) is 0.211. The minimum Gasteiger partial charge on any atom is -0.505 e. The molecule has 0 radical (unpaired) electrons. The Labute approximate surface area is 313 Å². The molecule has 2 fully saturated rings. The lowest BCUT2D eigenvalue weighted by Crippen LogP contribution is -2.74. The topological polar surface area (TPSA) is 243 Å². The predicted octanol–water partition coefficient (Wildman–Crippen LogP) is 1.19. The van der Waals surface area contributed by atoms with Gasteiger partial charge in [-0.15, -0.1) is 0 Å². The van der Waals surface area contributed by atoms with Gasteiger partial charge in [0.25, 0.3) is 0 Å². The number of Topliss-reactive ketones (excluding diaryl/α,β-unsaturated/α-hetero) is 4. The average molecular weight is 758 g/mol. The van der Waals surface area contributed by atoms with Crippen molar-refractivity contribution in [1.29, 1.82) is 0 Å². The highest BCUT2D eigenvalue weighted by Gasteiger charge is 2.69. The van der Waals surface area contributed by atoms with E-state index in [-0.39, 0.29) is 37.1 Å². The van der Waals surface area contributed by atoms with Crippen molar-refractivity contribution >= 4 is 58.4 Å². The second-order valence-corrected chi connectivity index (χ2v) is 14.7. The molecule has 0 spiro atoms. The molecule has 0 saturated heterocycles. The van der Waals surface area contributed by atoms with Crippen molar-refractivity contribution < 1.29 is 58.0 Å². The Morgan fingerprint density at radius 2 is 1.67 bits per heavy atom. The third-order valence-corrected chi connectivity index (χ3v) is 10.5. The molecule has 17 nitrogen and oxygen atoms in total. The summed E-state index contributed by atoms with van der Waals surface area (Å²) in [6.07, 6.45) is 3.14.